The minimum Gasteiger partial charge on any atom is -0.458 e. The third kappa shape index (κ3) is 7.97. The Morgan fingerprint density at radius 3 is 1.74 bits per heavy atom. The summed E-state index contributed by atoms with van der Waals surface area (Å²) in [5.41, 5.74) is -0.543. The SMILES string of the molecule is CC(=O)OC1[C@H](OC(C)=O)C(COP(=O)(OCc2ccccc2)OCc2ccccc2)[C@]1(OC(C)=O)[C@H](O)Br. The van der Waals surface area contributed by atoms with E-state index in [0.717, 1.165) is 20.8 Å². The zero-order valence-electron chi connectivity index (χ0n) is 21.6. The number of benzene rings is 2. The third-order valence-electron chi connectivity index (χ3n) is 5.88. The molecule has 0 bridgehead atoms. The number of hydrogen-bond acceptors (Lipinski definition) is 11. The highest BCUT2D eigenvalue weighted by Gasteiger charge is 2.72. The van der Waals surface area contributed by atoms with E-state index in [4.69, 9.17) is 27.8 Å². The predicted molar refractivity (Wildman–Crippen MR) is 140 cm³/mol. The van der Waals surface area contributed by atoms with Crippen LogP contribution in [0.25, 0.3) is 0 Å². The molecule has 3 rings (SSSR count). The van der Waals surface area contributed by atoms with Crippen molar-refractivity contribution in [3.63, 3.8) is 0 Å². The van der Waals surface area contributed by atoms with Gasteiger partial charge in [0.15, 0.2) is 22.8 Å². The van der Waals surface area contributed by atoms with Gasteiger partial charge in [0.2, 0.25) is 0 Å². The molecule has 11 nitrogen and oxygen atoms in total. The molecule has 0 aliphatic heterocycles. The van der Waals surface area contributed by atoms with Gasteiger partial charge in [-0.25, -0.2) is 4.57 Å². The third-order valence-corrected chi connectivity index (χ3v) is 7.96. The monoisotopic (exact) mass is 628 g/mol. The van der Waals surface area contributed by atoms with Crippen LogP contribution in [0.5, 0.6) is 0 Å². The summed E-state index contributed by atoms with van der Waals surface area (Å²) in [5.74, 6) is -3.46. The molecule has 2 unspecified atom stereocenters. The van der Waals surface area contributed by atoms with E-state index >= 15 is 0 Å². The number of ether oxygens (including phenoxy) is 3. The molecule has 1 saturated carbocycles. The number of halogens is 1. The van der Waals surface area contributed by atoms with Gasteiger partial charge in [-0.05, 0) is 11.1 Å². The number of hydrogen-bond donors (Lipinski definition) is 1. The largest absolute Gasteiger partial charge is 0.475 e. The minimum absolute atomic E-state index is 0.114. The molecule has 5 atom stereocenters. The second-order valence-corrected chi connectivity index (χ2v) is 11.3. The summed E-state index contributed by atoms with van der Waals surface area (Å²) < 4.78 is 46.7. The molecule has 1 fully saturated rings. The van der Waals surface area contributed by atoms with Crippen LogP contribution < -0.4 is 0 Å². The maximum atomic E-state index is 13.8. The molecular weight excluding hydrogens is 599 g/mol. The maximum absolute atomic E-state index is 13.8. The van der Waals surface area contributed by atoms with E-state index in [1.165, 1.54) is 0 Å². The molecule has 0 radical (unpaired) electrons. The van der Waals surface area contributed by atoms with E-state index in [1.54, 1.807) is 48.5 Å². The topological polar surface area (TPSA) is 144 Å². The summed E-state index contributed by atoms with van der Waals surface area (Å²) in [6, 6.07) is 17.8. The molecule has 0 heterocycles. The van der Waals surface area contributed by atoms with Crippen molar-refractivity contribution in [1.82, 2.24) is 0 Å². The van der Waals surface area contributed by atoms with Crippen molar-refractivity contribution in [2.45, 2.75) is 56.8 Å². The van der Waals surface area contributed by atoms with Crippen molar-refractivity contribution < 1.29 is 51.8 Å². The lowest BCUT2D eigenvalue weighted by molar-refractivity contribution is -0.299. The molecule has 1 N–H and O–H groups in total. The van der Waals surface area contributed by atoms with E-state index in [2.05, 4.69) is 15.9 Å². The number of carbonyl (C=O) groups is 3. The standard InChI is InChI=1S/C26H30BrO11P/c1-17(28)36-23-22(26(25(27)31,38-19(3)30)24(23)37-18(2)29)16-35-39(32,33-14-20-10-6-4-7-11-20)34-15-21-12-8-5-9-13-21/h4-13,22-25,31H,14-16H2,1-3H3/t22?,23-,24?,25+,26-/m1/s1. The van der Waals surface area contributed by atoms with E-state index in [-0.39, 0.29) is 13.2 Å². The minimum atomic E-state index is -4.30. The Balaban J connectivity index is 1.88. The van der Waals surface area contributed by atoms with Crippen LogP contribution in [0.15, 0.2) is 60.7 Å². The molecule has 0 saturated heterocycles. The van der Waals surface area contributed by atoms with Gasteiger partial charge in [-0.15, -0.1) is 0 Å². The van der Waals surface area contributed by atoms with Crippen LogP contribution >= 0.6 is 23.8 Å². The number of aliphatic hydroxyl groups is 1. The quantitative estimate of drug-likeness (QED) is 0.148. The summed E-state index contributed by atoms with van der Waals surface area (Å²) in [6.07, 6.45) is -2.60. The highest BCUT2D eigenvalue weighted by molar-refractivity contribution is 9.09. The molecule has 1 aliphatic carbocycles. The van der Waals surface area contributed by atoms with Crippen molar-refractivity contribution in [2.24, 2.45) is 5.92 Å². The zero-order chi connectivity index (χ0) is 28.6. The molecule has 13 heteroatoms. The van der Waals surface area contributed by atoms with Gasteiger partial charge in [-0.1, -0.05) is 76.6 Å². The summed E-state index contributed by atoms with van der Waals surface area (Å²) in [4.78, 5) is 35.7. The summed E-state index contributed by atoms with van der Waals surface area (Å²) in [5, 5.41) is 9.04. The van der Waals surface area contributed by atoms with Gasteiger partial charge in [-0.3, -0.25) is 28.0 Å². The van der Waals surface area contributed by atoms with Crippen LogP contribution in [0.4, 0.5) is 0 Å². The molecular formula is C26H30BrO11P. The Morgan fingerprint density at radius 1 is 0.846 bits per heavy atom. The highest BCUT2D eigenvalue weighted by atomic mass is 79.9. The first kappa shape index (κ1) is 30.9. The van der Waals surface area contributed by atoms with E-state index < -0.39 is 61.1 Å². The fraction of sp³-hybridized carbons (Fsp3) is 0.423. The number of carbonyl (C=O) groups excluding carboxylic acids is 3. The molecule has 0 spiro atoms. The van der Waals surface area contributed by atoms with Crippen LogP contribution in [0.2, 0.25) is 0 Å². The van der Waals surface area contributed by atoms with Crippen LogP contribution in [0.3, 0.4) is 0 Å². The van der Waals surface area contributed by atoms with Crippen molar-refractivity contribution in [1.29, 1.82) is 0 Å². The first-order valence-electron chi connectivity index (χ1n) is 11.9. The number of esters is 3. The maximum Gasteiger partial charge on any atom is 0.475 e. The zero-order valence-corrected chi connectivity index (χ0v) is 24.0. The van der Waals surface area contributed by atoms with Gasteiger partial charge in [-0.2, -0.15) is 0 Å². The molecule has 0 aromatic heterocycles. The summed E-state index contributed by atoms with van der Waals surface area (Å²) in [6.45, 7) is 2.57. The van der Waals surface area contributed by atoms with E-state index in [9.17, 15) is 24.1 Å². The Bertz CT molecular complexity index is 1130. The highest BCUT2D eigenvalue weighted by Crippen LogP contribution is 2.55. The van der Waals surface area contributed by atoms with Gasteiger partial charge >= 0.3 is 25.7 Å². The molecule has 39 heavy (non-hydrogen) atoms. The first-order valence-corrected chi connectivity index (χ1v) is 14.3. The Labute approximate surface area is 234 Å². The predicted octanol–water partition coefficient (Wildman–Crippen LogP) is 4.05. The molecule has 1 aliphatic rings. The molecule has 0 amide bonds. The van der Waals surface area contributed by atoms with Crippen molar-refractivity contribution in [3.8, 4) is 0 Å². The normalized spacial score (nSPS) is 23.3. The molecule has 2 aromatic rings. The summed E-state index contributed by atoms with van der Waals surface area (Å²) in [7, 11) is -4.30. The number of rotatable bonds is 13. The van der Waals surface area contributed by atoms with Crippen LogP contribution in [-0.2, 0) is 59.9 Å². The average Bonchev–Trinajstić information content (AvgIpc) is 2.89. The van der Waals surface area contributed by atoms with Gasteiger partial charge in [0, 0.05) is 20.8 Å². The lowest BCUT2D eigenvalue weighted by Crippen LogP contribution is -2.77. The van der Waals surface area contributed by atoms with Gasteiger partial charge in [0.25, 0.3) is 0 Å². The molecule has 2 aromatic carbocycles. The van der Waals surface area contributed by atoms with Crippen LogP contribution in [0.1, 0.15) is 31.9 Å². The molecule has 212 valence electrons. The van der Waals surface area contributed by atoms with Gasteiger partial charge in [0.1, 0.15) is 0 Å². The van der Waals surface area contributed by atoms with Crippen molar-refractivity contribution in [2.75, 3.05) is 6.61 Å². The fourth-order valence-electron chi connectivity index (χ4n) is 4.20. The van der Waals surface area contributed by atoms with E-state index in [0.29, 0.717) is 11.1 Å². The van der Waals surface area contributed by atoms with Crippen molar-refractivity contribution >= 4 is 41.7 Å². The average molecular weight is 629 g/mol. The first-order chi connectivity index (χ1) is 18.5. The Kier molecular flexibility index (Phi) is 10.8. The number of alkyl halides is 1. The second-order valence-electron chi connectivity index (χ2n) is 8.75. The fourth-order valence-corrected chi connectivity index (χ4v) is 6.07. The number of phosphoric ester groups is 1. The van der Waals surface area contributed by atoms with Gasteiger partial charge < -0.3 is 19.3 Å². The van der Waals surface area contributed by atoms with Crippen molar-refractivity contribution in [3.05, 3.63) is 71.8 Å². The Hall–Kier alpha value is -2.60. The number of aliphatic hydroxyl groups excluding tert-OH is 1. The lowest BCUT2D eigenvalue weighted by atomic mass is 9.64. The lowest BCUT2D eigenvalue weighted by Gasteiger charge is -2.57. The smallest absolute Gasteiger partial charge is 0.458 e. The second kappa shape index (κ2) is 13.6. The summed E-state index contributed by atoms with van der Waals surface area (Å²) >= 11 is 3.00. The van der Waals surface area contributed by atoms with E-state index in [1.807, 2.05) is 12.1 Å². The van der Waals surface area contributed by atoms with Crippen LogP contribution in [-0.4, -0.2) is 52.4 Å². The Morgan fingerprint density at radius 2 is 1.33 bits per heavy atom. The van der Waals surface area contributed by atoms with Crippen LogP contribution in [0, 0.1) is 5.92 Å². The number of phosphoric acid groups is 1. The van der Waals surface area contributed by atoms with Gasteiger partial charge in [0.05, 0.1) is 25.7 Å².